The lowest BCUT2D eigenvalue weighted by Crippen LogP contribution is -3.00. The molecule has 0 fully saturated rings. The number of fused-ring (bicyclic) bond motifs is 1. The van der Waals surface area contributed by atoms with E-state index < -0.39 is 0 Å². The van der Waals surface area contributed by atoms with Crippen LogP contribution in [0, 0.1) is 0 Å². The molecule has 1 atom stereocenters. The molecule has 1 unspecified atom stereocenters. The highest BCUT2D eigenvalue weighted by molar-refractivity contribution is 5.50. The van der Waals surface area contributed by atoms with Gasteiger partial charge in [0.15, 0.2) is 11.5 Å². The van der Waals surface area contributed by atoms with Gasteiger partial charge in [0.2, 0.25) is 0 Å². The summed E-state index contributed by atoms with van der Waals surface area (Å²) < 4.78 is 5.43. The lowest BCUT2D eigenvalue weighted by atomic mass is 9.96. The third-order valence-electron chi connectivity index (χ3n) is 2.53. The molecule has 0 bridgehead atoms. The first-order valence-electron chi connectivity index (χ1n) is 4.59. The first-order valence-corrected chi connectivity index (χ1v) is 4.59. The van der Waals surface area contributed by atoms with Gasteiger partial charge in [-0.3, -0.25) is 0 Å². The van der Waals surface area contributed by atoms with Crippen molar-refractivity contribution in [2.75, 3.05) is 13.2 Å². The lowest BCUT2D eigenvalue weighted by Gasteiger charge is -2.25. The van der Waals surface area contributed by atoms with Crippen LogP contribution in [0.3, 0.4) is 0 Å². The average molecular weight is 275 g/mol. The van der Waals surface area contributed by atoms with Crippen LogP contribution in [0.1, 0.15) is 17.2 Å². The summed E-state index contributed by atoms with van der Waals surface area (Å²) in [5.74, 6) is -0.120. The summed E-state index contributed by atoms with van der Waals surface area (Å²) in [7, 11) is 0. The van der Waals surface area contributed by atoms with E-state index in [0.29, 0.717) is 19.6 Å². The van der Waals surface area contributed by atoms with Crippen LogP contribution in [-0.2, 0) is 11.2 Å². The van der Waals surface area contributed by atoms with E-state index in [-0.39, 0.29) is 34.6 Å². The smallest absolute Gasteiger partial charge is 0.161 e. The Labute approximate surface area is 98.4 Å². The Morgan fingerprint density at radius 1 is 1.40 bits per heavy atom. The van der Waals surface area contributed by atoms with Gasteiger partial charge in [0, 0.05) is 12.1 Å². The van der Waals surface area contributed by atoms with Gasteiger partial charge in [-0.1, -0.05) is 6.07 Å². The van der Waals surface area contributed by atoms with E-state index in [0.717, 1.165) is 11.1 Å². The molecule has 1 aliphatic heterocycles. The SMILES string of the molecule is NCC1OCCc2c1ccc(O)c2O.[Br-]. The molecule has 2 rings (SSSR count). The topological polar surface area (TPSA) is 75.7 Å². The molecule has 1 aromatic rings. The number of benzene rings is 1. The van der Waals surface area contributed by atoms with Gasteiger partial charge in [0.1, 0.15) is 0 Å². The van der Waals surface area contributed by atoms with Crippen LogP contribution >= 0.6 is 0 Å². The zero-order chi connectivity index (χ0) is 10.1. The van der Waals surface area contributed by atoms with Crippen molar-refractivity contribution in [2.24, 2.45) is 5.73 Å². The third kappa shape index (κ3) is 2.09. The van der Waals surface area contributed by atoms with Gasteiger partial charge in [-0.05, 0) is 18.1 Å². The predicted octanol–water partition coefficient (Wildman–Crippen LogP) is -2.33. The van der Waals surface area contributed by atoms with Crippen LogP contribution in [0.25, 0.3) is 0 Å². The number of hydrogen-bond acceptors (Lipinski definition) is 4. The second kappa shape index (κ2) is 4.83. The van der Waals surface area contributed by atoms with Crippen LogP contribution in [0.15, 0.2) is 12.1 Å². The maximum absolute atomic E-state index is 9.61. The van der Waals surface area contributed by atoms with Crippen molar-refractivity contribution in [3.05, 3.63) is 23.3 Å². The number of phenols is 2. The molecule has 4 N–H and O–H groups in total. The second-order valence-electron chi connectivity index (χ2n) is 3.35. The summed E-state index contributed by atoms with van der Waals surface area (Å²) in [5.41, 5.74) is 7.18. The summed E-state index contributed by atoms with van der Waals surface area (Å²) in [6.07, 6.45) is 0.455. The zero-order valence-electron chi connectivity index (χ0n) is 8.11. The van der Waals surface area contributed by atoms with Gasteiger partial charge >= 0.3 is 0 Å². The number of ether oxygens (including phenoxy) is 1. The molecule has 1 heterocycles. The molecule has 0 aliphatic carbocycles. The highest BCUT2D eigenvalue weighted by atomic mass is 79.9. The lowest BCUT2D eigenvalue weighted by molar-refractivity contribution is -0.00000647. The number of aromatic hydroxyl groups is 2. The molecule has 84 valence electrons. The van der Waals surface area contributed by atoms with Gasteiger partial charge in [-0.15, -0.1) is 0 Å². The number of rotatable bonds is 1. The van der Waals surface area contributed by atoms with E-state index in [1.807, 2.05) is 0 Å². The maximum Gasteiger partial charge on any atom is 0.161 e. The third-order valence-corrected chi connectivity index (χ3v) is 2.53. The van der Waals surface area contributed by atoms with Crippen molar-refractivity contribution < 1.29 is 31.9 Å². The van der Waals surface area contributed by atoms with E-state index in [4.69, 9.17) is 10.5 Å². The number of phenolic OH excluding ortho intramolecular Hbond substituents is 2. The largest absolute Gasteiger partial charge is 1.00 e. The Bertz CT molecular complexity index is 357. The van der Waals surface area contributed by atoms with Crippen LogP contribution < -0.4 is 22.7 Å². The van der Waals surface area contributed by atoms with E-state index >= 15 is 0 Å². The van der Waals surface area contributed by atoms with E-state index in [2.05, 4.69) is 0 Å². The van der Waals surface area contributed by atoms with E-state index in [9.17, 15) is 10.2 Å². The van der Waals surface area contributed by atoms with Crippen molar-refractivity contribution in [1.82, 2.24) is 0 Å². The number of nitrogens with two attached hydrogens (primary N) is 1. The van der Waals surface area contributed by atoms with E-state index in [1.165, 1.54) is 6.07 Å². The molecular formula is C10H13BrNO3-. The van der Waals surface area contributed by atoms with Gasteiger partial charge in [-0.25, -0.2) is 0 Å². The maximum atomic E-state index is 9.61. The predicted molar refractivity (Wildman–Crippen MR) is 51.2 cm³/mol. The molecule has 1 aliphatic rings. The fourth-order valence-corrected chi connectivity index (χ4v) is 1.79. The highest BCUT2D eigenvalue weighted by Gasteiger charge is 2.23. The Morgan fingerprint density at radius 2 is 2.13 bits per heavy atom. The van der Waals surface area contributed by atoms with Crippen molar-refractivity contribution in [2.45, 2.75) is 12.5 Å². The Balaban J connectivity index is 0.00000112. The number of hydrogen-bond donors (Lipinski definition) is 3. The highest BCUT2D eigenvalue weighted by Crippen LogP contribution is 2.37. The standard InChI is InChI=1S/C10H13NO3.BrH/c11-5-9-6-1-2-8(12)10(13)7(6)3-4-14-9;/h1-2,9,12-13H,3-5,11H2;1H/p-1. The van der Waals surface area contributed by atoms with Crippen molar-refractivity contribution in [1.29, 1.82) is 0 Å². The Morgan fingerprint density at radius 3 is 2.80 bits per heavy atom. The summed E-state index contributed by atoms with van der Waals surface area (Å²) in [4.78, 5) is 0. The van der Waals surface area contributed by atoms with Crippen LogP contribution in [0.5, 0.6) is 11.5 Å². The monoisotopic (exact) mass is 274 g/mol. The fourth-order valence-electron chi connectivity index (χ4n) is 1.79. The van der Waals surface area contributed by atoms with E-state index in [1.54, 1.807) is 6.07 Å². The fraction of sp³-hybridized carbons (Fsp3) is 0.400. The molecule has 0 aromatic heterocycles. The molecule has 0 saturated heterocycles. The van der Waals surface area contributed by atoms with Crippen molar-refractivity contribution >= 4 is 0 Å². The molecule has 0 radical (unpaired) electrons. The van der Waals surface area contributed by atoms with Crippen LogP contribution in [-0.4, -0.2) is 23.4 Å². The Hall–Kier alpha value is -0.780. The first-order chi connectivity index (χ1) is 6.74. The van der Waals surface area contributed by atoms with Crippen molar-refractivity contribution in [3.8, 4) is 11.5 Å². The molecule has 5 heteroatoms. The minimum Gasteiger partial charge on any atom is -1.00 e. The quantitative estimate of drug-likeness (QED) is 0.503. The minimum atomic E-state index is -0.162. The summed E-state index contributed by atoms with van der Waals surface area (Å²) in [6.45, 7) is 0.920. The molecule has 0 spiro atoms. The van der Waals surface area contributed by atoms with Crippen LogP contribution in [0.2, 0.25) is 0 Å². The first kappa shape index (κ1) is 12.3. The molecule has 4 nitrogen and oxygen atoms in total. The molecule has 15 heavy (non-hydrogen) atoms. The zero-order valence-corrected chi connectivity index (χ0v) is 9.70. The summed E-state index contributed by atoms with van der Waals surface area (Å²) in [5, 5.41) is 18.9. The number of halogens is 1. The van der Waals surface area contributed by atoms with Gasteiger partial charge in [-0.2, -0.15) is 0 Å². The Kier molecular flexibility index (Phi) is 3.96. The molecular weight excluding hydrogens is 262 g/mol. The van der Waals surface area contributed by atoms with Crippen LogP contribution in [0.4, 0.5) is 0 Å². The minimum absolute atomic E-state index is 0. The van der Waals surface area contributed by atoms with Gasteiger partial charge < -0.3 is 37.7 Å². The summed E-state index contributed by atoms with van der Waals surface area (Å²) in [6, 6.07) is 3.21. The van der Waals surface area contributed by atoms with Gasteiger partial charge in [0.05, 0.1) is 12.7 Å². The second-order valence-corrected chi connectivity index (χ2v) is 3.35. The van der Waals surface area contributed by atoms with Gasteiger partial charge in [0.25, 0.3) is 0 Å². The molecule has 0 saturated carbocycles. The molecule has 0 amide bonds. The molecule has 1 aromatic carbocycles. The summed E-state index contributed by atoms with van der Waals surface area (Å²) >= 11 is 0. The van der Waals surface area contributed by atoms with Crippen molar-refractivity contribution in [3.63, 3.8) is 0 Å². The average Bonchev–Trinajstić information content (AvgIpc) is 2.23. The normalized spacial score (nSPS) is 19.1.